The zero-order valence-electron chi connectivity index (χ0n) is 25.7. The average Bonchev–Trinajstić information content (AvgIpc) is 3.54. The molecule has 0 spiro atoms. The molecule has 0 radical (unpaired) electrons. The predicted octanol–water partition coefficient (Wildman–Crippen LogP) is 6.43. The number of carbonyl (C=O) groups is 1. The maximum Gasteiger partial charge on any atom is 0.409 e. The number of unbranched alkanes of at least 4 members (excludes halogenated alkanes) is 1. The number of hydrogen-bond donors (Lipinski definition) is 2. The number of hydrogen-bond acceptors (Lipinski definition) is 8. The second-order valence-corrected chi connectivity index (χ2v) is 12.0. The van der Waals surface area contributed by atoms with Crippen molar-refractivity contribution in [2.45, 2.75) is 59.5 Å². The number of nitrogens with zero attached hydrogens (tertiary/aromatic N) is 6. The quantitative estimate of drug-likeness (QED) is 0.218. The highest BCUT2D eigenvalue weighted by Gasteiger charge is 2.27. The summed E-state index contributed by atoms with van der Waals surface area (Å²) in [4.78, 5) is 26.1. The Morgan fingerprint density at radius 2 is 1.81 bits per heavy atom. The fourth-order valence-corrected chi connectivity index (χ4v) is 6.18. The Morgan fingerprint density at radius 3 is 2.58 bits per heavy atom. The van der Waals surface area contributed by atoms with Gasteiger partial charge in [-0.15, -0.1) is 0 Å². The fraction of sp³-hybridized carbons (Fsp3) is 0.455. The van der Waals surface area contributed by atoms with E-state index >= 15 is 0 Å². The number of nitrogens with one attached hydrogen (secondary N) is 2. The average molecular weight is 583 g/mol. The van der Waals surface area contributed by atoms with Crippen LogP contribution in [0.15, 0.2) is 42.6 Å². The maximum absolute atomic E-state index is 12.3. The molecule has 226 valence electrons. The molecule has 0 unspecified atom stereocenters. The first kappa shape index (κ1) is 28.9. The second-order valence-electron chi connectivity index (χ2n) is 12.0. The van der Waals surface area contributed by atoms with Crippen LogP contribution in [0.5, 0.6) is 0 Å². The molecule has 43 heavy (non-hydrogen) atoms. The minimum Gasteiger partial charge on any atom is -0.449 e. The summed E-state index contributed by atoms with van der Waals surface area (Å²) in [5.41, 5.74) is 7.84. The lowest BCUT2D eigenvalue weighted by molar-refractivity contribution is 0.0810. The third-order valence-electron chi connectivity index (χ3n) is 8.67. The molecule has 4 heterocycles. The molecule has 10 nitrogen and oxygen atoms in total. The molecule has 2 aliphatic heterocycles. The van der Waals surface area contributed by atoms with Gasteiger partial charge in [-0.25, -0.2) is 14.5 Å². The summed E-state index contributed by atoms with van der Waals surface area (Å²) in [6.07, 6.45) is 5.69. The number of aromatic nitrogens is 4. The minimum atomic E-state index is -0.151. The molecule has 1 fully saturated rings. The lowest BCUT2D eigenvalue weighted by Crippen LogP contribution is -2.41. The van der Waals surface area contributed by atoms with Gasteiger partial charge in [-0.3, -0.25) is 4.90 Å². The van der Waals surface area contributed by atoms with Gasteiger partial charge in [0.1, 0.15) is 0 Å². The second kappa shape index (κ2) is 12.6. The van der Waals surface area contributed by atoms with Crippen molar-refractivity contribution in [3.8, 4) is 0 Å². The van der Waals surface area contributed by atoms with Crippen molar-refractivity contribution >= 4 is 40.3 Å². The summed E-state index contributed by atoms with van der Waals surface area (Å²) in [6.45, 7) is 11.3. The summed E-state index contributed by atoms with van der Waals surface area (Å²) >= 11 is 0. The van der Waals surface area contributed by atoms with E-state index in [2.05, 4.69) is 77.7 Å². The molecule has 2 aliphatic rings. The molecule has 1 amide bonds. The van der Waals surface area contributed by atoms with Crippen LogP contribution in [0.4, 0.5) is 27.9 Å². The van der Waals surface area contributed by atoms with Crippen LogP contribution in [0, 0.1) is 19.8 Å². The highest BCUT2D eigenvalue weighted by atomic mass is 16.6. The standard InChI is InChI=1S/C33H42N8O2/c1-5-6-16-43-33(42)41-14-12-24(13-15-41)19-40-20-25-10-11-27(17-26(25)21-40)35-32-34-18-28-30(38-39(4)31(28)37-32)36-29-22(2)8-7-9-23(29)3/h7-11,17-18,24H,5-6,12-16,19-21H2,1-4H3,(H,36,38)(H,34,35,37). The summed E-state index contributed by atoms with van der Waals surface area (Å²) in [6, 6.07) is 12.8. The maximum atomic E-state index is 12.3. The van der Waals surface area contributed by atoms with Gasteiger partial charge in [0.15, 0.2) is 11.5 Å². The molecular formula is C33H42N8O2. The van der Waals surface area contributed by atoms with E-state index in [1.54, 1.807) is 4.68 Å². The van der Waals surface area contributed by atoms with E-state index < -0.39 is 0 Å². The van der Waals surface area contributed by atoms with Crippen LogP contribution in [0.3, 0.4) is 0 Å². The Labute approximate surface area is 253 Å². The lowest BCUT2D eigenvalue weighted by atomic mass is 9.96. The molecule has 2 N–H and O–H groups in total. The first-order valence-electron chi connectivity index (χ1n) is 15.4. The zero-order chi connectivity index (χ0) is 29.9. The van der Waals surface area contributed by atoms with Crippen LogP contribution in [0.25, 0.3) is 11.0 Å². The molecular weight excluding hydrogens is 540 g/mol. The Morgan fingerprint density at radius 1 is 1.05 bits per heavy atom. The number of benzene rings is 2. The van der Waals surface area contributed by atoms with Gasteiger partial charge >= 0.3 is 6.09 Å². The van der Waals surface area contributed by atoms with Crippen LogP contribution in [0.2, 0.25) is 0 Å². The van der Waals surface area contributed by atoms with Crippen molar-refractivity contribution in [3.63, 3.8) is 0 Å². The normalized spacial score (nSPS) is 15.6. The first-order chi connectivity index (χ1) is 20.9. The van der Waals surface area contributed by atoms with Crippen molar-refractivity contribution in [2.24, 2.45) is 13.0 Å². The molecule has 4 aromatic rings. The smallest absolute Gasteiger partial charge is 0.409 e. The monoisotopic (exact) mass is 582 g/mol. The third kappa shape index (κ3) is 6.44. The van der Waals surface area contributed by atoms with Gasteiger partial charge in [0, 0.05) is 57.3 Å². The Bertz CT molecular complexity index is 1590. The van der Waals surface area contributed by atoms with Gasteiger partial charge < -0.3 is 20.3 Å². The molecule has 0 saturated carbocycles. The van der Waals surface area contributed by atoms with Crippen molar-refractivity contribution < 1.29 is 9.53 Å². The number of para-hydroxylation sites is 1. The summed E-state index contributed by atoms with van der Waals surface area (Å²) < 4.78 is 7.19. The van der Waals surface area contributed by atoms with Crippen molar-refractivity contribution in [3.05, 3.63) is 64.8 Å². The first-order valence-corrected chi connectivity index (χ1v) is 15.4. The highest BCUT2D eigenvalue weighted by Crippen LogP contribution is 2.31. The highest BCUT2D eigenvalue weighted by molar-refractivity contribution is 5.90. The van der Waals surface area contributed by atoms with E-state index in [0.717, 1.165) is 86.6 Å². The number of carbonyl (C=O) groups excluding carboxylic acids is 1. The van der Waals surface area contributed by atoms with Crippen LogP contribution >= 0.6 is 0 Å². The van der Waals surface area contributed by atoms with E-state index in [4.69, 9.17) is 14.8 Å². The van der Waals surface area contributed by atoms with Crippen LogP contribution in [-0.2, 0) is 24.9 Å². The van der Waals surface area contributed by atoms with Gasteiger partial charge in [0.25, 0.3) is 0 Å². The van der Waals surface area contributed by atoms with E-state index in [0.29, 0.717) is 18.5 Å². The number of ether oxygens (including phenoxy) is 1. The Kier molecular flexibility index (Phi) is 8.47. The van der Waals surface area contributed by atoms with Crippen molar-refractivity contribution in [1.82, 2.24) is 29.5 Å². The van der Waals surface area contributed by atoms with Gasteiger partial charge in [-0.2, -0.15) is 10.1 Å². The van der Waals surface area contributed by atoms with Gasteiger partial charge in [-0.1, -0.05) is 37.6 Å². The predicted molar refractivity (Wildman–Crippen MR) is 170 cm³/mol. The number of rotatable bonds is 9. The molecule has 1 saturated heterocycles. The molecule has 2 aromatic heterocycles. The number of amides is 1. The summed E-state index contributed by atoms with van der Waals surface area (Å²) in [5.74, 6) is 1.89. The van der Waals surface area contributed by atoms with Crippen LogP contribution < -0.4 is 10.6 Å². The van der Waals surface area contributed by atoms with E-state index in [1.807, 2.05) is 18.1 Å². The zero-order valence-corrected chi connectivity index (χ0v) is 25.7. The van der Waals surface area contributed by atoms with E-state index in [1.165, 1.54) is 22.3 Å². The third-order valence-corrected chi connectivity index (χ3v) is 8.67. The Hall–Kier alpha value is -4.18. The SMILES string of the molecule is CCCCOC(=O)N1CCC(CN2Cc3ccc(Nc4ncc5c(Nc6c(C)cccc6C)nn(C)c5n4)cc3C2)CC1. The van der Waals surface area contributed by atoms with Gasteiger partial charge in [-0.05, 0) is 73.4 Å². The van der Waals surface area contributed by atoms with Crippen LogP contribution in [0.1, 0.15) is 54.9 Å². The lowest BCUT2D eigenvalue weighted by Gasteiger charge is -2.33. The molecule has 10 heteroatoms. The van der Waals surface area contributed by atoms with Crippen molar-refractivity contribution in [2.75, 3.05) is 36.9 Å². The number of piperidine rings is 1. The number of fused-ring (bicyclic) bond motifs is 2. The molecule has 0 aliphatic carbocycles. The van der Waals surface area contributed by atoms with E-state index in [-0.39, 0.29) is 6.09 Å². The molecule has 0 bridgehead atoms. The number of likely N-dealkylation sites (tertiary alicyclic amines) is 1. The van der Waals surface area contributed by atoms with Crippen LogP contribution in [-0.4, -0.2) is 61.9 Å². The fourth-order valence-electron chi connectivity index (χ4n) is 6.18. The summed E-state index contributed by atoms with van der Waals surface area (Å²) in [5, 5.41) is 12.5. The number of anilines is 4. The Balaban J connectivity index is 1.05. The topological polar surface area (TPSA) is 100 Å². The van der Waals surface area contributed by atoms with E-state index in [9.17, 15) is 4.79 Å². The molecule has 0 atom stereocenters. The molecule has 6 rings (SSSR count). The largest absolute Gasteiger partial charge is 0.449 e. The minimum absolute atomic E-state index is 0.151. The van der Waals surface area contributed by atoms with Gasteiger partial charge in [0.2, 0.25) is 5.95 Å². The van der Waals surface area contributed by atoms with Crippen molar-refractivity contribution in [1.29, 1.82) is 0 Å². The summed E-state index contributed by atoms with van der Waals surface area (Å²) in [7, 11) is 1.90. The number of aryl methyl sites for hydroxylation is 3. The molecule has 2 aromatic carbocycles. The van der Waals surface area contributed by atoms with Gasteiger partial charge in [0.05, 0.1) is 12.0 Å².